The predicted molar refractivity (Wildman–Crippen MR) is 84.9 cm³/mol. The summed E-state index contributed by atoms with van der Waals surface area (Å²) in [6.45, 7) is 6.84. The van der Waals surface area contributed by atoms with E-state index in [1.165, 1.54) is 29.7 Å². The van der Waals surface area contributed by atoms with Gasteiger partial charge in [0.2, 0.25) is 0 Å². The molecule has 0 amide bonds. The quantitative estimate of drug-likeness (QED) is 0.814. The molecule has 4 heteroatoms. The summed E-state index contributed by atoms with van der Waals surface area (Å²) < 4.78 is 11.0. The number of anilines is 1. The molecule has 1 aromatic carbocycles. The zero-order valence-corrected chi connectivity index (χ0v) is 13.1. The average Bonchev–Trinajstić information content (AvgIpc) is 2.83. The van der Waals surface area contributed by atoms with E-state index in [1.807, 2.05) is 0 Å². The summed E-state index contributed by atoms with van der Waals surface area (Å²) in [7, 11) is 1.73. The number of hydrogen-bond donors (Lipinski definition) is 1. The number of methoxy groups -OCH3 is 1. The number of nitrogens with zero attached hydrogens (tertiary/aromatic N) is 1. The number of aryl methyl sites for hydroxylation is 1. The van der Waals surface area contributed by atoms with Crippen molar-refractivity contribution in [1.29, 1.82) is 0 Å². The second-order valence-electron chi connectivity index (χ2n) is 6.14. The van der Waals surface area contributed by atoms with Gasteiger partial charge in [-0.15, -0.1) is 0 Å². The van der Waals surface area contributed by atoms with Crippen LogP contribution in [0.25, 0.3) is 0 Å². The first kappa shape index (κ1) is 14.8. The summed E-state index contributed by atoms with van der Waals surface area (Å²) >= 11 is 0. The van der Waals surface area contributed by atoms with Gasteiger partial charge in [-0.25, -0.2) is 0 Å². The standard InChI is InChI=1S/C17H26N2O2/c1-13-9-15(4-3-14(13)10-18-7-8-20-2)19-11-16-5-6-17(12-19)21-16/h3-4,9,16-18H,5-8,10-12H2,1-2H3. The summed E-state index contributed by atoms with van der Waals surface area (Å²) in [5.74, 6) is 0. The normalized spacial score (nSPS) is 24.6. The maximum atomic E-state index is 5.92. The third-order valence-corrected chi connectivity index (χ3v) is 4.53. The molecule has 21 heavy (non-hydrogen) atoms. The van der Waals surface area contributed by atoms with Gasteiger partial charge in [0.05, 0.1) is 18.8 Å². The molecule has 2 fully saturated rings. The fourth-order valence-corrected chi connectivity index (χ4v) is 3.30. The Kier molecular flexibility index (Phi) is 4.78. The van der Waals surface area contributed by atoms with Crippen LogP contribution < -0.4 is 10.2 Å². The number of hydrogen-bond acceptors (Lipinski definition) is 4. The fourth-order valence-electron chi connectivity index (χ4n) is 3.30. The van der Waals surface area contributed by atoms with Gasteiger partial charge in [-0.05, 0) is 43.0 Å². The lowest BCUT2D eigenvalue weighted by Gasteiger charge is -2.34. The van der Waals surface area contributed by atoms with E-state index in [-0.39, 0.29) is 0 Å². The van der Waals surface area contributed by atoms with Crippen LogP contribution in [0, 0.1) is 6.92 Å². The minimum absolute atomic E-state index is 0.444. The number of morpholine rings is 1. The summed E-state index contributed by atoms with van der Waals surface area (Å²) in [5, 5.41) is 3.41. The van der Waals surface area contributed by atoms with Crippen LogP contribution in [0.5, 0.6) is 0 Å². The molecule has 2 aliphatic heterocycles. The first-order valence-electron chi connectivity index (χ1n) is 7.96. The summed E-state index contributed by atoms with van der Waals surface area (Å²) in [6.07, 6.45) is 3.34. The third-order valence-electron chi connectivity index (χ3n) is 4.53. The first-order valence-corrected chi connectivity index (χ1v) is 7.96. The minimum atomic E-state index is 0.444. The molecule has 0 aliphatic carbocycles. The molecule has 0 radical (unpaired) electrons. The Balaban J connectivity index is 1.61. The summed E-state index contributed by atoms with van der Waals surface area (Å²) in [4.78, 5) is 2.49. The van der Waals surface area contributed by atoms with Crippen LogP contribution in [0.3, 0.4) is 0 Å². The van der Waals surface area contributed by atoms with Gasteiger partial charge >= 0.3 is 0 Å². The van der Waals surface area contributed by atoms with E-state index < -0.39 is 0 Å². The molecular weight excluding hydrogens is 264 g/mol. The highest BCUT2D eigenvalue weighted by Crippen LogP contribution is 2.30. The summed E-state index contributed by atoms with van der Waals surface area (Å²) in [6, 6.07) is 6.82. The predicted octanol–water partition coefficient (Wildman–Crippen LogP) is 2.10. The van der Waals surface area contributed by atoms with Crippen LogP contribution in [-0.2, 0) is 16.0 Å². The van der Waals surface area contributed by atoms with E-state index in [0.717, 1.165) is 32.8 Å². The molecule has 2 atom stereocenters. The van der Waals surface area contributed by atoms with E-state index in [2.05, 4.69) is 35.3 Å². The second-order valence-corrected chi connectivity index (χ2v) is 6.14. The van der Waals surface area contributed by atoms with Gasteiger partial charge in [0.1, 0.15) is 0 Å². The van der Waals surface area contributed by atoms with Gasteiger partial charge in [0.15, 0.2) is 0 Å². The van der Waals surface area contributed by atoms with Crippen LogP contribution >= 0.6 is 0 Å². The first-order chi connectivity index (χ1) is 10.3. The van der Waals surface area contributed by atoms with Crippen LogP contribution in [0.1, 0.15) is 24.0 Å². The molecule has 2 aliphatic rings. The zero-order valence-electron chi connectivity index (χ0n) is 13.1. The average molecular weight is 290 g/mol. The van der Waals surface area contributed by atoms with E-state index >= 15 is 0 Å². The Morgan fingerprint density at radius 3 is 2.71 bits per heavy atom. The highest BCUT2D eigenvalue weighted by atomic mass is 16.5. The number of ether oxygens (including phenoxy) is 2. The monoisotopic (exact) mass is 290 g/mol. The van der Waals surface area contributed by atoms with Crippen LogP contribution in [0.4, 0.5) is 5.69 Å². The van der Waals surface area contributed by atoms with Crippen molar-refractivity contribution in [3.05, 3.63) is 29.3 Å². The lowest BCUT2D eigenvalue weighted by atomic mass is 10.1. The molecule has 0 saturated carbocycles. The maximum absolute atomic E-state index is 5.92. The molecule has 1 aromatic rings. The van der Waals surface area contributed by atoms with Crippen molar-refractivity contribution < 1.29 is 9.47 Å². The number of nitrogens with one attached hydrogen (secondary N) is 1. The molecule has 116 valence electrons. The van der Waals surface area contributed by atoms with Crippen molar-refractivity contribution in [2.75, 3.05) is 38.3 Å². The Hall–Kier alpha value is -1.10. The lowest BCUT2D eigenvalue weighted by Crippen LogP contribution is -2.42. The van der Waals surface area contributed by atoms with Crippen LogP contribution in [-0.4, -0.2) is 45.6 Å². The molecule has 3 rings (SSSR count). The second kappa shape index (κ2) is 6.77. The van der Waals surface area contributed by atoms with Gasteiger partial charge in [-0.3, -0.25) is 0 Å². The molecular formula is C17H26N2O2. The van der Waals surface area contributed by atoms with Crippen molar-refractivity contribution in [3.8, 4) is 0 Å². The molecule has 2 heterocycles. The smallest absolute Gasteiger partial charge is 0.0755 e. The highest BCUT2D eigenvalue weighted by molar-refractivity contribution is 5.51. The zero-order chi connectivity index (χ0) is 14.7. The maximum Gasteiger partial charge on any atom is 0.0755 e. The van der Waals surface area contributed by atoms with Gasteiger partial charge in [-0.2, -0.15) is 0 Å². The molecule has 2 unspecified atom stereocenters. The molecule has 2 saturated heterocycles. The molecule has 1 N–H and O–H groups in total. The molecule has 0 spiro atoms. The number of rotatable bonds is 6. The van der Waals surface area contributed by atoms with Gasteiger partial charge in [0, 0.05) is 39.0 Å². The topological polar surface area (TPSA) is 33.7 Å². The molecule has 0 aromatic heterocycles. The van der Waals surface area contributed by atoms with E-state index in [0.29, 0.717) is 12.2 Å². The van der Waals surface area contributed by atoms with Crippen LogP contribution in [0.15, 0.2) is 18.2 Å². The van der Waals surface area contributed by atoms with Crippen LogP contribution in [0.2, 0.25) is 0 Å². The van der Waals surface area contributed by atoms with E-state index in [1.54, 1.807) is 7.11 Å². The van der Waals surface area contributed by atoms with Gasteiger partial charge in [-0.1, -0.05) is 6.07 Å². The van der Waals surface area contributed by atoms with Gasteiger partial charge < -0.3 is 19.7 Å². The van der Waals surface area contributed by atoms with Crippen molar-refractivity contribution in [1.82, 2.24) is 5.32 Å². The van der Waals surface area contributed by atoms with E-state index in [9.17, 15) is 0 Å². The fraction of sp³-hybridized carbons (Fsp3) is 0.647. The van der Waals surface area contributed by atoms with Crippen molar-refractivity contribution >= 4 is 5.69 Å². The Labute approximate surface area is 127 Å². The number of fused-ring (bicyclic) bond motifs is 2. The van der Waals surface area contributed by atoms with Crippen molar-refractivity contribution in [2.24, 2.45) is 0 Å². The Morgan fingerprint density at radius 2 is 2.05 bits per heavy atom. The molecule has 2 bridgehead atoms. The number of benzene rings is 1. The summed E-state index contributed by atoms with van der Waals surface area (Å²) in [5.41, 5.74) is 4.07. The Bertz CT molecular complexity index is 466. The highest BCUT2D eigenvalue weighted by Gasteiger charge is 2.33. The Morgan fingerprint density at radius 1 is 1.29 bits per heavy atom. The SMILES string of the molecule is COCCNCc1ccc(N2CC3CCC(C2)O3)cc1C. The van der Waals surface area contributed by atoms with Gasteiger partial charge in [0.25, 0.3) is 0 Å². The lowest BCUT2D eigenvalue weighted by molar-refractivity contribution is 0.0305. The van der Waals surface area contributed by atoms with Crippen molar-refractivity contribution in [3.63, 3.8) is 0 Å². The largest absolute Gasteiger partial charge is 0.383 e. The third kappa shape index (κ3) is 3.57. The van der Waals surface area contributed by atoms with E-state index in [4.69, 9.17) is 9.47 Å². The van der Waals surface area contributed by atoms with Crippen molar-refractivity contribution in [2.45, 2.75) is 38.5 Å². The molecule has 4 nitrogen and oxygen atoms in total. The minimum Gasteiger partial charge on any atom is -0.383 e.